The number of nitrogens with one attached hydrogen (secondary N) is 2. The third-order valence-electron chi connectivity index (χ3n) is 8.57. The Morgan fingerprint density at radius 2 is 1.30 bits per heavy atom. The van der Waals surface area contributed by atoms with Gasteiger partial charge in [-0.2, -0.15) is 0 Å². The number of halogens is 2. The zero-order valence-electron chi connectivity index (χ0n) is 27.0. The summed E-state index contributed by atoms with van der Waals surface area (Å²) in [5.74, 6) is 1.15. The Morgan fingerprint density at radius 3 is 1.72 bits per heavy atom. The minimum Gasteiger partial charge on any atom is -0.394 e. The minimum absolute atomic E-state index is 0.249. The van der Waals surface area contributed by atoms with Gasteiger partial charge >= 0.3 is 0 Å². The van der Waals surface area contributed by atoms with E-state index in [9.17, 15) is 19.3 Å². The molecule has 6 N–H and O–H groups in total. The van der Waals surface area contributed by atoms with E-state index in [1.54, 1.807) is 0 Å². The van der Waals surface area contributed by atoms with Crippen molar-refractivity contribution in [2.24, 2.45) is 11.4 Å². The van der Waals surface area contributed by atoms with Gasteiger partial charge in [0.2, 0.25) is 0 Å². The first kappa shape index (κ1) is 36.5. The Balaban J connectivity index is 1.03. The van der Waals surface area contributed by atoms with Crippen LogP contribution < -0.4 is 16.1 Å². The second kappa shape index (κ2) is 16.0. The van der Waals surface area contributed by atoms with E-state index in [1.807, 2.05) is 0 Å². The number of aliphatic hydroxyl groups excluding tert-OH is 2. The lowest BCUT2D eigenvalue weighted by atomic mass is 10.0. The van der Waals surface area contributed by atoms with E-state index in [0.717, 1.165) is 12.8 Å². The first-order chi connectivity index (χ1) is 24.1. The van der Waals surface area contributed by atoms with Gasteiger partial charge in [-0.1, -0.05) is 6.92 Å². The number of aromatic nitrogens is 8. The van der Waals surface area contributed by atoms with Gasteiger partial charge in [0.05, 0.1) is 25.9 Å². The summed E-state index contributed by atoms with van der Waals surface area (Å²) in [4.78, 5) is 25.8. The quantitative estimate of drug-likeness (QED) is 0.102. The summed E-state index contributed by atoms with van der Waals surface area (Å²) in [5.41, 5.74) is 6.66. The molecular formula is C27H39F2N11O8P2. The number of rotatable bonds is 16. The lowest BCUT2D eigenvalue weighted by Crippen LogP contribution is -2.32. The van der Waals surface area contributed by atoms with Crippen LogP contribution in [0.5, 0.6) is 0 Å². The monoisotopic (exact) mass is 745 g/mol. The van der Waals surface area contributed by atoms with Gasteiger partial charge in [0.15, 0.2) is 66.8 Å². The molecule has 0 bridgehead atoms. The van der Waals surface area contributed by atoms with Crippen molar-refractivity contribution in [1.29, 1.82) is 0 Å². The summed E-state index contributed by atoms with van der Waals surface area (Å²) in [5, 5.41) is 25.8. The molecule has 6 heterocycles. The third kappa shape index (κ3) is 7.51. The Labute approximate surface area is 285 Å². The molecule has 0 aliphatic carbocycles. The predicted octanol–water partition coefficient (Wildman–Crippen LogP) is 1.59. The first-order valence-corrected chi connectivity index (χ1v) is 19.1. The topological polar surface area (TPSA) is 249 Å². The fourth-order valence-corrected chi connectivity index (χ4v) is 7.31. The van der Waals surface area contributed by atoms with Crippen molar-refractivity contribution in [3.8, 4) is 0 Å². The highest BCUT2D eigenvalue weighted by molar-refractivity contribution is 7.38. The Bertz CT molecular complexity index is 1700. The standard InChI is InChI=1S/C27H39F2N11O8P2/c1-13(3-5-31-22-18-24(35-9-33-22)39(11-37-18)26-16(28)20(47-49(2)43)14(7-41)45-26)4-6-32-23-19-25(36-10-34-23)40(12-38-19)27-17(29)21(48-50(30)44)15(8-42)46-27/h9-17,20-21,26-27,41-42,49-50H,3-8H2,1-2H3,(H2,30,44)(H,31,33,35)(H,32,34,36)/t13?,14-,15-,16-,17-,20-,21-,26?,27?/m1/s1. The van der Waals surface area contributed by atoms with Gasteiger partial charge in [-0.05, 0) is 18.8 Å². The molecule has 4 aromatic rings. The van der Waals surface area contributed by atoms with E-state index in [0.29, 0.717) is 47.1 Å². The van der Waals surface area contributed by atoms with Gasteiger partial charge in [-0.15, -0.1) is 0 Å². The molecule has 0 saturated carbocycles. The number of imidazole rings is 2. The highest BCUT2D eigenvalue weighted by atomic mass is 31.1. The van der Waals surface area contributed by atoms with E-state index in [4.69, 9.17) is 24.0 Å². The molecule has 0 aromatic carbocycles. The average Bonchev–Trinajstić information content (AvgIpc) is 3.85. The minimum atomic E-state index is -2.98. The maximum Gasteiger partial charge on any atom is 0.256 e. The van der Waals surface area contributed by atoms with E-state index in [2.05, 4.69) is 47.5 Å². The maximum absolute atomic E-state index is 15.3. The number of aliphatic hydroxyl groups is 2. The van der Waals surface area contributed by atoms with E-state index >= 15 is 8.78 Å². The van der Waals surface area contributed by atoms with Crippen LogP contribution in [0.3, 0.4) is 0 Å². The van der Waals surface area contributed by atoms with Crippen LogP contribution >= 0.6 is 16.2 Å². The molecule has 2 fully saturated rings. The maximum atomic E-state index is 15.3. The molecule has 5 unspecified atom stereocenters. The molecule has 11 atom stereocenters. The third-order valence-corrected chi connectivity index (χ3v) is 9.68. The van der Waals surface area contributed by atoms with Crippen LogP contribution in [0.1, 0.15) is 32.2 Å². The Hall–Kier alpha value is -3.26. The molecule has 274 valence electrons. The van der Waals surface area contributed by atoms with Crippen LogP contribution in [0.15, 0.2) is 25.3 Å². The van der Waals surface area contributed by atoms with Gasteiger partial charge in [0.1, 0.15) is 37.1 Å². The van der Waals surface area contributed by atoms with Gasteiger partial charge in [0.25, 0.3) is 8.18 Å². The molecule has 0 spiro atoms. The lowest BCUT2D eigenvalue weighted by molar-refractivity contribution is -0.0429. The number of anilines is 2. The van der Waals surface area contributed by atoms with Crippen molar-refractivity contribution in [3.05, 3.63) is 25.3 Å². The number of nitrogens with two attached hydrogens (primary N) is 1. The van der Waals surface area contributed by atoms with Crippen molar-refractivity contribution in [2.75, 3.05) is 43.6 Å². The van der Waals surface area contributed by atoms with Crippen LogP contribution in [0, 0.1) is 5.92 Å². The lowest BCUT2D eigenvalue weighted by Gasteiger charge is -2.17. The molecular weight excluding hydrogens is 706 g/mol. The number of ether oxygens (including phenoxy) is 2. The fourth-order valence-electron chi connectivity index (χ4n) is 6.09. The summed E-state index contributed by atoms with van der Waals surface area (Å²) in [6.45, 7) is 3.45. The molecule has 2 saturated heterocycles. The SMILES string of the molecule is CC(CCNc1ncnc2c1ncn2C1O[C@H](CO)[C@@H](O[PH](C)=O)[C@H]1F)CCNc1ncnc2c1ncn2C1O[C@H](CO)[C@@H](O[PH](N)=O)[C@H]1F. The van der Waals surface area contributed by atoms with E-state index < -0.39 is 78.6 Å². The second-order valence-electron chi connectivity index (χ2n) is 12.0. The zero-order valence-corrected chi connectivity index (χ0v) is 29.0. The van der Waals surface area contributed by atoms with Crippen molar-refractivity contribution in [1.82, 2.24) is 39.0 Å². The number of hydrogen-bond donors (Lipinski definition) is 5. The highest BCUT2D eigenvalue weighted by Gasteiger charge is 2.49. The predicted molar refractivity (Wildman–Crippen MR) is 176 cm³/mol. The smallest absolute Gasteiger partial charge is 0.256 e. The van der Waals surface area contributed by atoms with Crippen LogP contribution in [0.4, 0.5) is 20.4 Å². The molecule has 0 radical (unpaired) electrons. The van der Waals surface area contributed by atoms with Crippen molar-refractivity contribution >= 4 is 50.2 Å². The molecule has 19 nitrogen and oxygen atoms in total. The molecule has 2 aliphatic rings. The number of nitrogens with zero attached hydrogens (tertiary/aromatic N) is 8. The zero-order chi connectivity index (χ0) is 35.5. The van der Waals surface area contributed by atoms with E-state index in [1.165, 1.54) is 41.1 Å². The van der Waals surface area contributed by atoms with Crippen molar-refractivity contribution in [3.63, 3.8) is 0 Å². The van der Waals surface area contributed by atoms with Crippen LogP contribution in [0.25, 0.3) is 22.3 Å². The van der Waals surface area contributed by atoms with Crippen LogP contribution in [-0.4, -0.2) is 119 Å². The van der Waals surface area contributed by atoms with Gasteiger partial charge < -0.3 is 39.4 Å². The fraction of sp³-hybridized carbons (Fsp3) is 0.630. The highest BCUT2D eigenvalue weighted by Crippen LogP contribution is 2.40. The van der Waals surface area contributed by atoms with Gasteiger partial charge in [0, 0.05) is 19.8 Å². The molecule has 6 rings (SSSR count). The second-order valence-corrected chi connectivity index (χ2v) is 14.1. The van der Waals surface area contributed by atoms with Crippen molar-refractivity contribution < 1.29 is 46.6 Å². The number of fused-ring (bicyclic) bond motifs is 2. The summed E-state index contributed by atoms with van der Waals surface area (Å²) >= 11 is 0. The number of hydrogen-bond acceptors (Lipinski definition) is 16. The number of alkyl halides is 2. The molecule has 4 aromatic heterocycles. The van der Waals surface area contributed by atoms with Gasteiger partial charge in [-0.3, -0.25) is 23.8 Å². The van der Waals surface area contributed by atoms with Crippen LogP contribution in [-0.2, 0) is 27.7 Å². The van der Waals surface area contributed by atoms with Crippen molar-refractivity contribution in [2.45, 2.75) is 69.0 Å². The molecule has 50 heavy (non-hydrogen) atoms. The molecule has 23 heteroatoms. The van der Waals surface area contributed by atoms with Gasteiger partial charge in [-0.25, -0.2) is 38.7 Å². The summed E-state index contributed by atoms with van der Waals surface area (Å²) in [6.07, 6.45) is -3.59. The summed E-state index contributed by atoms with van der Waals surface area (Å²) in [6, 6.07) is 0. The normalized spacial score (nSPS) is 28.7. The molecule has 0 amide bonds. The van der Waals surface area contributed by atoms with Crippen LogP contribution in [0.2, 0.25) is 0 Å². The Kier molecular flexibility index (Phi) is 11.7. The van der Waals surface area contributed by atoms with E-state index in [-0.39, 0.29) is 5.92 Å². The summed E-state index contributed by atoms with van der Waals surface area (Å²) < 4.78 is 78.0. The Morgan fingerprint density at radius 1 is 0.840 bits per heavy atom. The molecule has 2 aliphatic heterocycles. The average molecular weight is 746 g/mol. The first-order valence-electron chi connectivity index (χ1n) is 15.9. The largest absolute Gasteiger partial charge is 0.394 e. The summed E-state index contributed by atoms with van der Waals surface area (Å²) in [7, 11) is -5.46.